The fraction of sp³-hybridized carbons (Fsp3) is 0.100. The van der Waals surface area contributed by atoms with Gasteiger partial charge in [-0.1, -0.05) is 18.2 Å². The van der Waals surface area contributed by atoms with Gasteiger partial charge >= 0.3 is 0 Å². The Morgan fingerprint density at radius 2 is 2.08 bits per heavy atom. The van der Waals surface area contributed by atoms with Gasteiger partial charge < -0.3 is 4.74 Å². The minimum absolute atomic E-state index is 0.916. The van der Waals surface area contributed by atoms with Crippen molar-refractivity contribution >= 4 is 11.8 Å². The molecule has 0 aromatic heterocycles. The van der Waals surface area contributed by atoms with Crippen LogP contribution in [0.15, 0.2) is 47.6 Å². The van der Waals surface area contributed by atoms with Gasteiger partial charge in [0.2, 0.25) is 0 Å². The molecular formula is C10H11OS. The number of rotatable bonds is 4. The molecule has 0 saturated heterocycles. The zero-order chi connectivity index (χ0) is 8.65. The number of benzene rings is 1. The van der Waals surface area contributed by atoms with Crippen LogP contribution in [0.4, 0.5) is 0 Å². The summed E-state index contributed by atoms with van der Waals surface area (Å²) in [4.78, 5) is 1.27. The Labute approximate surface area is 77.4 Å². The van der Waals surface area contributed by atoms with Gasteiger partial charge in [-0.3, -0.25) is 0 Å². The van der Waals surface area contributed by atoms with Gasteiger partial charge in [-0.05, 0) is 18.2 Å². The average molecular weight is 179 g/mol. The summed E-state index contributed by atoms with van der Waals surface area (Å²) in [5, 5.41) is 0. The van der Waals surface area contributed by atoms with Crippen LogP contribution in [0.1, 0.15) is 0 Å². The summed E-state index contributed by atoms with van der Waals surface area (Å²) in [5.74, 6) is 0.916. The van der Waals surface area contributed by atoms with Crippen molar-refractivity contribution in [3.05, 3.63) is 49.8 Å². The fourth-order valence-electron chi connectivity index (χ4n) is 0.768. The first-order valence-corrected chi connectivity index (χ1v) is 4.66. The van der Waals surface area contributed by atoms with Crippen LogP contribution in [-0.2, 0) is 4.74 Å². The van der Waals surface area contributed by atoms with E-state index in [1.54, 1.807) is 18.0 Å². The molecule has 0 aliphatic rings. The molecule has 1 radical (unpaired) electrons. The molecule has 0 aliphatic carbocycles. The molecule has 0 aliphatic heterocycles. The van der Waals surface area contributed by atoms with Crippen molar-refractivity contribution in [2.45, 2.75) is 4.90 Å². The van der Waals surface area contributed by atoms with Crippen molar-refractivity contribution in [3.8, 4) is 0 Å². The summed E-state index contributed by atoms with van der Waals surface area (Å²) in [6, 6.07) is 10.2. The third-order valence-corrected chi connectivity index (χ3v) is 2.25. The number of hydrogen-bond acceptors (Lipinski definition) is 2. The van der Waals surface area contributed by atoms with E-state index in [0.29, 0.717) is 0 Å². The first-order valence-electron chi connectivity index (χ1n) is 3.67. The molecule has 0 heterocycles. The third kappa shape index (κ3) is 3.49. The SMILES string of the molecule is [CH2]O/C=C/CSc1ccccc1. The predicted octanol–water partition coefficient (Wildman–Crippen LogP) is 3.10. The quantitative estimate of drug-likeness (QED) is 0.519. The summed E-state index contributed by atoms with van der Waals surface area (Å²) in [6.07, 6.45) is 3.53. The van der Waals surface area contributed by atoms with E-state index in [1.165, 1.54) is 4.90 Å². The lowest BCUT2D eigenvalue weighted by Gasteiger charge is -1.95. The molecule has 0 saturated carbocycles. The smallest absolute Gasteiger partial charge is 0.121 e. The van der Waals surface area contributed by atoms with Gasteiger partial charge in [0.15, 0.2) is 0 Å². The average Bonchev–Trinajstić information content (AvgIpc) is 2.14. The van der Waals surface area contributed by atoms with Crippen molar-refractivity contribution in [3.63, 3.8) is 0 Å². The molecule has 63 valence electrons. The zero-order valence-electron chi connectivity index (χ0n) is 6.77. The molecule has 0 spiro atoms. The van der Waals surface area contributed by atoms with E-state index in [-0.39, 0.29) is 0 Å². The molecule has 1 nitrogen and oxygen atoms in total. The van der Waals surface area contributed by atoms with Gasteiger partial charge in [0.1, 0.15) is 7.11 Å². The lowest BCUT2D eigenvalue weighted by atomic mass is 10.4. The Morgan fingerprint density at radius 1 is 1.33 bits per heavy atom. The van der Waals surface area contributed by atoms with Gasteiger partial charge in [0.25, 0.3) is 0 Å². The number of hydrogen-bond donors (Lipinski definition) is 0. The van der Waals surface area contributed by atoms with Crippen LogP contribution in [-0.4, -0.2) is 5.75 Å². The van der Waals surface area contributed by atoms with E-state index in [4.69, 9.17) is 0 Å². The van der Waals surface area contributed by atoms with Crippen LogP contribution in [0, 0.1) is 7.11 Å². The highest BCUT2D eigenvalue weighted by molar-refractivity contribution is 7.99. The third-order valence-electron chi connectivity index (χ3n) is 1.28. The van der Waals surface area contributed by atoms with Crippen LogP contribution in [0.25, 0.3) is 0 Å². The van der Waals surface area contributed by atoms with E-state index in [0.717, 1.165) is 5.75 Å². The molecule has 0 N–H and O–H groups in total. The second kappa shape index (κ2) is 5.72. The maximum Gasteiger partial charge on any atom is 0.121 e. The Hall–Kier alpha value is -0.890. The minimum Gasteiger partial charge on any atom is -0.498 e. The maximum atomic E-state index is 4.54. The lowest BCUT2D eigenvalue weighted by Crippen LogP contribution is -1.72. The van der Waals surface area contributed by atoms with Crippen LogP contribution in [0.5, 0.6) is 0 Å². The monoisotopic (exact) mass is 179 g/mol. The summed E-state index contributed by atoms with van der Waals surface area (Å²) in [5.41, 5.74) is 0. The first-order chi connectivity index (χ1) is 5.93. The maximum absolute atomic E-state index is 4.54. The number of ether oxygens (including phenoxy) is 1. The number of thioether (sulfide) groups is 1. The molecule has 0 amide bonds. The van der Waals surface area contributed by atoms with Gasteiger partial charge in [0.05, 0.1) is 6.26 Å². The summed E-state index contributed by atoms with van der Waals surface area (Å²) in [6.45, 7) is 0. The molecule has 1 aromatic carbocycles. The molecule has 2 heteroatoms. The minimum atomic E-state index is 0.916. The Bertz CT molecular complexity index is 231. The van der Waals surface area contributed by atoms with Crippen molar-refractivity contribution in [1.29, 1.82) is 0 Å². The van der Waals surface area contributed by atoms with Crippen LogP contribution in [0.2, 0.25) is 0 Å². The Morgan fingerprint density at radius 3 is 2.75 bits per heavy atom. The molecule has 1 rings (SSSR count). The molecular weight excluding hydrogens is 168 g/mol. The molecule has 0 unspecified atom stereocenters. The van der Waals surface area contributed by atoms with Crippen LogP contribution in [0.3, 0.4) is 0 Å². The van der Waals surface area contributed by atoms with Crippen molar-refractivity contribution in [2.75, 3.05) is 5.75 Å². The summed E-state index contributed by atoms with van der Waals surface area (Å²) in [7, 11) is 3.23. The van der Waals surface area contributed by atoms with Gasteiger partial charge in [-0.25, -0.2) is 0 Å². The molecule has 12 heavy (non-hydrogen) atoms. The van der Waals surface area contributed by atoms with Crippen molar-refractivity contribution < 1.29 is 4.74 Å². The van der Waals surface area contributed by atoms with Crippen LogP contribution < -0.4 is 0 Å². The summed E-state index contributed by atoms with van der Waals surface area (Å²) >= 11 is 1.77. The summed E-state index contributed by atoms with van der Waals surface area (Å²) < 4.78 is 4.54. The largest absolute Gasteiger partial charge is 0.498 e. The first kappa shape index (κ1) is 9.20. The normalized spacial score (nSPS) is 10.4. The molecule has 0 atom stereocenters. The second-order valence-electron chi connectivity index (χ2n) is 2.16. The van der Waals surface area contributed by atoms with Crippen molar-refractivity contribution in [2.24, 2.45) is 0 Å². The van der Waals surface area contributed by atoms with Gasteiger partial charge in [0, 0.05) is 10.6 Å². The molecule has 0 fully saturated rings. The molecule has 1 aromatic rings. The van der Waals surface area contributed by atoms with E-state index in [9.17, 15) is 0 Å². The molecule has 0 bridgehead atoms. The van der Waals surface area contributed by atoms with Crippen LogP contribution >= 0.6 is 11.8 Å². The standard InChI is InChI=1S/C10H11OS/c1-11-8-5-9-12-10-6-3-2-4-7-10/h2-8H,1,9H2/b8-5+. The van der Waals surface area contributed by atoms with E-state index >= 15 is 0 Å². The Balaban J connectivity index is 2.29. The Kier molecular flexibility index (Phi) is 4.39. The lowest BCUT2D eigenvalue weighted by molar-refractivity contribution is 0.393. The highest BCUT2D eigenvalue weighted by Gasteiger charge is 1.87. The topological polar surface area (TPSA) is 9.23 Å². The fourth-order valence-corrected chi connectivity index (χ4v) is 1.49. The van der Waals surface area contributed by atoms with E-state index in [1.807, 2.05) is 24.3 Å². The second-order valence-corrected chi connectivity index (χ2v) is 3.26. The van der Waals surface area contributed by atoms with Crippen molar-refractivity contribution in [1.82, 2.24) is 0 Å². The van der Waals surface area contributed by atoms with E-state index < -0.39 is 0 Å². The van der Waals surface area contributed by atoms with E-state index in [2.05, 4.69) is 24.0 Å². The predicted molar refractivity (Wildman–Crippen MR) is 52.7 cm³/mol. The zero-order valence-corrected chi connectivity index (χ0v) is 7.59. The van der Waals surface area contributed by atoms with Gasteiger partial charge in [-0.15, -0.1) is 11.8 Å². The van der Waals surface area contributed by atoms with Gasteiger partial charge in [-0.2, -0.15) is 0 Å². The highest BCUT2D eigenvalue weighted by Crippen LogP contribution is 2.16. The highest BCUT2D eigenvalue weighted by atomic mass is 32.2.